The molecule has 0 spiro atoms. The number of amides is 1. The van der Waals surface area contributed by atoms with Crippen LogP contribution in [0.5, 0.6) is 0 Å². The lowest BCUT2D eigenvalue weighted by Crippen LogP contribution is -2.43. The first kappa shape index (κ1) is 22.4. The molecule has 1 unspecified atom stereocenters. The van der Waals surface area contributed by atoms with Crippen LogP contribution in [-0.2, 0) is 4.74 Å². The van der Waals surface area contributed by atoms with E-state index in [4.69, 9.17) is 18.1 Å². The first-order valence-corrected chi connectivity index (χ1v) is 11.4. The van der Waals surface area contributed by atoms with Crippen molar-refractivity contribution in [1.82, 2.24) is 20.4 Å². The SMILES string of the molecule is Cc1ccc(C(CNC(=O)c2cc(-c3cc(C)oc3C)nc3onc(C)c23)N2CCOCC2)o1. The number of ether oxygens (including phenoxy) is 1. The summed E-state index contributed by atoms with van der Waals surface area (Å²) >= 11 is 0. The number of hydrogen-bond donors (Lipinski definition) is 1. The quantitative estimate of drug-likeness (QED) is 0.454. The summed E-state index contributed by atoms with van der Waals surface area (Å²) in [4.78, 5) is 20.4. The van der Waals surface area contributed by atoms with E-state index in [2.05, 4.69) is 20.4 Å². The van der Waals surface area contributed by atoms with Gasteiger partial charge in [-0.2, -0.15) is 0 Å². The highest BCUT2D eigenvalue weighted by Crippen LogP contribution is 2.31. The highest BCUT2D eigenvalue weighted by Gasteiger charge is 2.27. The van der Waals surface area contributed by atoms with Gasteiger partial charge in [-0.25, -0.2) is 4.98 Å². The summed E-state index contributed by atoms with van der Waals surface area (Å²) in [5.41, 5.74) is 2.83. The fourth-order valence-electron chi connectivity index (χ4n) is 4.51. The number of aryl methyl sites for hydroxylation is 4. The van der Waals surface area contributed by atoms with Crippen LogP contribution in [0.4, 0.5) is 0 Å². The molecule has 1 aliphatic rings. The molecule has 1 fully saturated rings. The Balaban J connectivity index is 1.46. The van der Waals surface area contributed by atoms with Crippen molar-refractivity contribution >= 4 is 17.0 Å². The zero-order chi connectivity index (χ0) is 23.8. The number of carbonyl (C=O) groups is 1. The molecule has 4 aromatic heterocycles. The zero-order valence-electron chi connectivity index (χ0n) is 19.8. The van der Waals surface area contributed by atoms with E-state index < -0.39 is 0 Å². The van der Waals surface area contributed by atoms with Crippen LogP contribution in [0.2, 0.25) is 0 Å². The Bertz CT molecular complexity index is 1330. The van der Waals surface area contributed by atoms with Crippen molar-refractivity contribution < 1.29 is 22.9 Å². The second kappa shape index (κ2) is 9.08. The van der Waals surface area contributed by atoms with Gasteiger partial charge in [-0.1, -0.05) is 5.16 Å². The van der Waals surface area contributed by atoms with Crippen LogP contribution in [-0.4, -0.2) is 53.8 Å². The summed E-state index contributed by atoms with van der Waals surface area (Å²) in [6, 6.07) is 7.50. The molecule has 1 N–H and O–H groups in total. The van der Waals surface area contributed by atoms with Gasteiger partial charge < -0.3 is 23.4 Å². The van der Waals surface area contributed by atoms with Crippen molar-refractivity contribution in [2.75, 3.05) is 32.8 Å². The molecule has 0 aliphatic carbocycles. The van der Waals surface area contributed by atoms with E-state index in [1.54, 1.807) is 13.0 Å². The van der Waals surface area contributed by atoms with Crippen LogP contribution in [0.1, 0.15) is 45.1 Å². The minimum absolute atomic E-state index is 0.0966. The maximum absolute atomic E-state index is 13.5. The topological polar surface area (TPSA) is 107 Å². The van der Waals surface area contributed by atoms with E-state index in [1.807, 2.05) is 39.0 Å². The van der Waals surface area contributed by atoms with E-state index in [9.17, 15) is 4.79 Å². The Labute approximate surface area is 197 Å². The number of carbonyl (C=O) groups excluding carboxylic acids is 1. The number of furan rings is 2. The molecular formula is C25H28N4O5. The van der Waals surface area contributed by atoms with Gasteiger partial charge in [-0.15, -0.1) is 0 Å². The standard InChI is InChI=1S/C25H28N4O5/c1-14-5-6-22(33-14)21(29-7-9-31-10-8-29)13-26-24(30)19-12-20(18-11-15(2)32-17(18)4)27-25-23(19)16(3)28-34-25/h5-6,11-12,21H,7-10,13H2,1-4H3,(H,26,30). The number of aromatic nitrogens is 2. The number of morpholine rings is 1. The van der Waals surface area contributed by atoms with Gasteiger partial charge in [0.25, 0.3) is 11.6 Å². The normalized spacial score (nSPS) is 15.6. The lowest BCUT2D eigenvalue weighted by atomic mass is 10.0. The molecule has 0 aromatic carbocycles. The van der Waals surface area contributed by atoms with Gasteiger partial charge in [0.15, 0.2) is 0 Å². The number of rotatable bonds is 6. The average molecular weight is 465 g/mol. The van der Waals surface area contributed by atoms with Crippen LogP contribution in [0.25, 0.3) is 22.4 Å². The lowest BCUT2D eigenvalue weighted by Gasteiger charge is -2.33. The van der Waals surface area contributed by atoms with E-state index in [1.165, 1.54) is 0 Å². The van der Waals surface area contributed by atoms with Gasteiger partial charge in [0, 0.05) is 25.2 Å². The molecule has 0 bridgehead atoms. The Morgan fingerprint density at radius 2 is 1.88 bits per heavy atom. The highest BCUT2D eigenvalue weighted by atomic mass is 16.5. The fraction of sp³-hybridized carbons (Fsp3) is 0.400. The summed E-state index contributed by atoms with van der Waals surface area (Å²) in [7, 11) is 0. The summed E-state index contributed by atoms with van der Waals surface area (Å²) < 4.78 is 22.5. The monoisotopic (exact) mass is 464 g/mol. The van der Waals surface area contributed by atoms with Crippen molar-refractivity contribution in [1.29, 1.82) is 0 Å². The van der Waals surface area contributed by atoms with Gasteiger partial charge >= 0.3 is 0 Å². The molecule has 1 atom stereocenters. The molecule has 5 heterocycles. The van der Waals surface area contributed by atoms with Crippen LogP contribution >= 0.6 is 0 Å². The predicted octanol–water partition coefficient (Wildman–Crippen LogP) is 4.11. The first-order chi connectivity index (χ1) is 16.4. The molecular weight excluding hydrogens is 436 g/mol. The summed E-state index contributed by atoms with van der Waals surface area (Å²) in [6.07, 6.45) is 0. The molecule has 1 saturated heterocycles. The van der Waals surface area contributed by atoms with Crippen LogP contribution < -0.4 is 5.32 Å². The molecule has 5 rings (SSSR count). The van der Waals surface area contributed by atoms with Crippen molar-refractivity contribution in [3.63, 3.8) is 0 Å². The van der Waals surface area contributed by atoms with Crippen LogP contribution in [0.3, 0.4) is 0 Å². The number of nitrogens with one attached hydrogen (secondary N) is 1. The zero-order valence-corrected chi connectivity index (χ0v) is 19.8. The molecule has 9 heteroatoms. The largest absolute Gasteiger partial charge is 0.466 e. The summed E-state index contributed by atoms with van der Waals surface area (Å²) in [5, 5.41) is 7.76. The second-order valence-corrected chi connectivity index (χ2v) is 8.65. The number of hydrogen-bond acceptors (Lipinski definition) is 8. The van der Waals surface area contributed by atoms with Gasteiger partial charge in [0.05, 0.1) is 41.6 Å². The Kier molecular flexibility index (Phi) is 5.97. The van der Waals surface area contributed by atoms with Gasteiger partial charge in [-0.3, -0.25) is 9.69 Å². The molecule has 1 aliphatic heterocycles. The Morgan fingerprint density at radius 1 is 1.09 bits per heavy atom. The maximum Gasteiger partial charge on any atom is 0.259 e. The van der Waals surface area contributed by atoms with Crippen LogP contribution in [0, 0.1) is 27.7 Å². The molecule has 4 aromatic rings. The van der Waals surface area contributed by atoms with E-state index in [-0.39, 0.29) is 11.9 Å². The van der Waals surface area contributed by atoms with Gasteiger partial charge in [0.2, 0.25) is 0 Å². The smallest absolute Gasteiger partial charge is 0.259 e. The third-order valence-corrected chi connectivity index (χ3v) is 6.21. The molecule has 178 valence electrons. The number of pyridine rings is 1. The third kappa shape index (κ3) is 4.24. The third-order valence-electron chi connectivity index (χ3n) is 6.21. The molecule has 9 nitrogen and oxygen atoms in total. The lowest BCUT2D eigenvalue weighted by molar-refractivity contribution is 0.0117. The number of nitrogens with zero attached hydrogens (tertiary/aromatic N) is 3. The summed E-state index contributed by atoms with van der Waals surface area (Å²) in [6.45, 7) is 10.7. The van der Waals surface area contributed by atoms with Crippen molar-refractivity contribution in [2.24, 2.45) is 0 Å². The average Bonchev–Trinajstić information content (AvgIpc) is 3.52. The molecule has 1 amide bonds. The van der Waals surface area contributed by atoms with Gasteiger partial charge in [0.1, 0.15) is 23.0 Å². The minimum atomic E-state index is -0.223. The Morgan fingerprint density at radius 3 is 2.56 bits per heavy atom. The predicted molar refractivity (Wildman–Crippen MR) is 125 cm³/mol. The molecule has 34 heavy (non-hydrogen) atoms. The first-order valence-electron chi connectivity index (χ1n) is 11.4. The summed E-state index contributed by atoms with van der Waals surface area (Å²) in [5.74, 6) is 2.94. The van der Waals surface area contributed by atoms with E-state index >= 15 is 0 Å². The Hall–Kier alpha value is -3.43. The van der Waals surface area contributed by atoms with E-state index in [0.29, 0.717) is 47.8 Å². The van der Waals surface area contributed by atoms with Gasteiger partial charge in [-0.05, 0) is 52.0 Å². The van der Waals surface area contributed by atoms with Crippen molar-refractivity contribution in [3.8, 4) is 11.3 Å². The molecule has 0 radical (unpaired) electrons. The second-order valence-electron chi connectivity index (χ2n) is 8.65. The number of fused-ring (bicyclic) bond motifs is 1. The van der Waals surface area contributed by atoms with Crippen LogP contribution in [0.15, 0.2) is 37.6 Å². The van der Waals surface area contributed by atoms with E-state index in [0.717, 1.165) is 41.7 Å². The highest BCUT2D eigenvalue weighted by molar-refractivity contribution is 6.07. The molecule has 0 saturated carbocycles. The minimum Gasteiger partial charge on any atom is -0.466 e. The van der Waals surface area contributed by atoms with Crippen molar-refractivity contribution in [2.45, 2.75) is 33.7 Å². The fourth-order valence-corrected chi connectivity index (χ4v) is 4.51. The van der Waals surface area contributed by atoms with Crippen molar-refractivity contribution in [3.05, 3.63) is 58.6 Å². The maximum atomic E-state index is 13.5.